The second kappa shape index (κ2) is 10.9. The van der Waals surface area contributed by atoms with E-state index in [1.165, 1.54) is 37.9 Å². The van der Waals surface area contributed by atoms with Gasteiger partial charge in [0.1, 0.15) is 5.82 Å². The predicted molar refractivity (Wildman–Crippen MR) is 137 cm³/mol. The van der Waals surface area contributed by atoms with Crippen LogP contribution in [0.1, 0.15) is 47.6 Å². The van der Waals surface area contributed by atoms with Gasteiger partial charge in [-0.2, -0.15) is 26.3 Å². The second-order valence-electron chi connectivity index (χ2n) is 10.7. The number of nitrogens with zero attached hydrogens (tertiary/aromatic N) is 2. The van der Waals surface area contributed by atoms with Gasteiger partial charge in [-0.1, -0.05) is 42.5 Å². The summed E-state index contributed by atoms with van der Waals surface area (Å²) in [5, 5.41) is 0. The SMILES string of the molecule is CN(C(=O)C(C)(C)c1cc(C(F)(F)F)cc(C(F)(F)F)c1)[C@@H]1CN(Cc2ccccc2)C[C@H]1c1ccc(F)cc1. The summed E-state index contributed by atoms with van der Waals surface area (Å²) in [5.41, 5.74) is -3.23. The molecule has 1 amide bonds. The van der Waals surface area contributed by atoms with Crippen LogP contribution in [0.3, 0.4) is 0 Å². The summed E-state index contributed by atoms with van der Waals surface area (Å²) in [7, 11) is 1.51. The van der Waals surface area contributed by atoms with E-state index in [0.717, 1.165) is 11.1 Å². The van der Waals surface area contributed by atoms with E-state index in [2.05, 4.69) is 4.90 Å². The Morgan fingerprint density at radius 2 is 1.35 bits per heavy atom. The summed E-state index contributed by atoms with van der Waals surface area (Å²) in [6.07, 6.45) is -10.1. The normalized spacial score (nSPS) is 18.6. The minimum Gasteiger partial charge on any atom is -0.340 e. The van der Waals surface area contributed by atoms with Crippen molar-refractivity contribution in [3.8, 4) is 0 Å². The molecule has 0 spiro atoms. The lowest BCUT2D eigenvalue weighted by Gasteiger charge is -2.36. The van der Waals surface area contributed by atoms with Crippen LogP contribution < -0.4 is 0 Å². The Hall–Kier alpha value is -3.40. The van der Waals surface area contributed by atoms with Gasteiger partial charge in [0.2, 0.25) is 5.91 Å². The monoisotopic (exact) mass is 566 g/mol. The topological polar surface area (TPSA) is 23.6 Å². The van der Waals surface area contributed by atoms with Crippen molar-refractivity contribution in [2.45, 2.75) is 50.1 Å². The molecule has 1 aliphatic rings. The predicted octanol–water partition coefficient (Wildman–Crippen LogP) is 7.27. The van der Waals surface area contributed by atoms with Gasteiger partial charge in [-0.25, -0.2) is 4.39 Å². The zero-order valence-electron chi connectivity index (χ0n) is 22.2. The zero-order valence-corrected chi connectivity index (χ0v) is 22.2. The van der Waals surface area contributed by atoms with E-state index in [0.29, 0.717) is 31.8 Å². The molecule has 1 fully saturated rings. The van der Waals surface area contributed by atoms with Gasteiger partial charge in [-0.05, 0) is 60.9 Å². The van der Waals surface area contributed by atoms with E-state index in [4.69, 9.17) is 0 Å². The Kier molecular flexibility index (Phi) is 8.04. The van der Waals surface area contributed by atoms with E-state index in [1.54, 1.807) is 12.1 Å². The van der Waals surface area contributed by atoms with Crippen LogP contribution in [0.2, 0.25) is 0 Å². The Labute approximate surface area is 228 Å². The molecule has 1 aliphatic heterocycles. The molecule has 4 rings (SSSR count). The van der Waals surface area contributed by atoms with Crippen LogP contribution in [0.25, 0.3) is 0 Å². The van der Waals surface area contributed by atoms with Crippen molar-refractivity contribution in [2.75, 3.05) is 20.1 Å². The average molecular weight is 567 g/mol. The molecular formula is C30H29F7N2O. The van der Waals surface area contributed by atoms with Gasteiger partial charge in [0, 0.05) is 32.6 Å². The molecule has 40 heavy (non-hydrogen) atoms. The van der Waals surface area contributed by atoms with Gasteiger partial charge in [0.05, 0.1) is 22.6 Å². The molecule has 1 heterocycles. The highest BCUT2D eigenvalue weighted by Gasteiger charge is 2.44. The quantitative estimate of drug-likeness (QED) is 0.293. The molecule has 0 aromatic heterocycles. The molecular weight excluding hydrogens is 537 g/mol. The third-order valence-corrected chi connectivity index (χ3v) is 7.57. The van der Waals surface area contributed by atoms with E-state index in [9.17, 15) is 35.5 Å². The van der Waals surface area contributed by atoms with Crippen molar-refractivity contribution in [3.05, 3.63) is 106 Å². The molecule has 214 valence electrons. The number of benzene rings is 3. The molecule has 0 aliphatic carbocycles. The molecule has 3 nitrogen and oxygen atoms in total. The van der Waals surface area contributed by atoms with Crippen LogP contribution in [0, 0.1) is 5.82 Å². The number of likely N-dealkylation sites (N-methyl/N-ethyl adjacent to an activating group) is 1. The van der Waals surface area contributed by atoms with E-state index < -0.39 is 46.7 Å². The summed E-state index contributed by atoms with van der Waals surface area (Å²) in [6, 6.07) is 16.3. The van der Waals surface area contributed by atoms with Crippen molar-refractivity contribution in [2.24, 2.45) is 0 Å². The Morgan fingerprint density at radius 1 is 0.825 bits per heavy atom. The molecule has 0 radical (unpaired) electrons. The minimum absolute atomic E-state index is 0.0523. The van der Waals surface area contributed by atoms with Crippen molar-refractivity contribution in [1.29, 1.82) is 0 Å². The summed E-state index contributed by atoms with van der Waals surface area (Å²) >= 11 is 0. The number of amides is 1. The number of carbonyl (C=O) groups is 1. The first-order valence-electron chi connectivity index (χ1n) is 12.7. The molecule has 1 saturated heterocycles. The van der Waals surface area contributed by atoms with Gasteiger partial charge < -0.3 is 4.90 Å². The standard InChI is InChI=1S/C30H29F7N2O/c1-28(2,21-13-22(29(32,33)34)15-23(14-21)30(35,36)37)27(40)38(3)26-18-39(16-19-7-5-4-6-8-19)17-25(26)20-9-11-24(31)12-10-20/h4-15,25-26H,16-18H2,1-3H3/t25-,26+/m0/s1. The van der Waals surface area contributed by atoms with Crippen LogP contribution >= 0.6 is 0 Å². The van der Waals surface area contributed by atoms with Crippen LogP contribution in [0.4, 0.5) is 30.7 Å². The lowest BCUT2D eigenvalue weighted by atomic mass is 9.80. The van der Waals surface area contributed by atoms with Gasteiger partial charge in [0.25, 0.3) is 0 Å². The van der Waals surface area contributed by atoms with Gasteiger partial charge in [-0.15, -0.1) is 0 Å². The molecule has 0 N–H and O–H groups in total. The number of likely N-dealkylation sites (tertiary alicyclic amines) is 1. The van der Waals surface area contributed by atoms with Crippen LogP contribution in [0.15, 0.2) is 72.8 Å². The highest BCUT2D eigenvalue weighted by Crippen LogP contribution is 2.40. The third-order valence-electron chi connectivity index (χ3n) is 7.57. The van der Waals surface area contributed by atoms with Gasteiger partial charge >= 0.3 is 12.4 Å². The van der Waals surface area contributed by atoms with Crippen molar-refractivity contribution >= 4 is 5.91 Å². The first-order valence-corrected chi connectivity index (χ1v) is 12.7. The molecule has 0 saturated carbocycles. The number of rotatable bonds is 6. The van der Waals surface area contributed by atoms with E-state index >= 15 is 0 Å². The highest BCUT2D eigenvalue weighted by atomic mass is 19.4. The molecule has 0 unspecified atom stereocenters. The smallest absolute Gasteiger partial charge is 0.340 e. The molecule has 3 aromatic rings. The summed E-state index contributed by atoms with van der Waals surface area (Å²) in [4.78, 5) is 17.4. The number of carbonyl (C=O) groups excluding carboxylic acids is 1. The number of hydrogen-bond acceptors (Lipinski definition) is 2. The maximum Gasteiger partial charge on any atom is 0.416 e. The maximum absolute atomic E-state index is 13.9. The Morgan fingerprint density at radius 3 is 1.88 bits per heavy atom. The van der Waals surface area contributed by atoms with E-state index in [1.807, 2.05) is 30.3 Å². The van der Waals surface area contributed by atoms with Crippen molar-refractivity contribution < 1.29 is 35.5 Å². The maximum atomic E-state index is 13.9. The second-order valence-corrected chi connectivity index (χ2v) is 10.7. The largest absolute Gasteiger partial charge is 0.416 e. The first kappa shape index (κ1) is 29.6. The number of halogens is 7. The zero-order chi connectivity index (χ0) is 29.5. The fourth-order valence-corrected chi connectivity index (χ4v) is 5.30. The fraction of sp³-hybridized carbons (Fsp3) is 0.367. The summed E-state index contributed by atoms with van der Waals surface area (Å²) < 4.78 is 94.8. The lowest BCUT2D eigenvalue weighted by molar-refractivity contribution is -0.144. The van der Waals surface area contributed by atoms with Crippen LogP contribution in [0.5, 0.6) is 0 Å². The van der Waals surface area contributed by atoms with Crippen molar-refractivity contribution in [3.63, 3.8) is 0 Å². The minimum atomic E-state index is -5.03. The molecule has 10 heteroatoms. The average Bonchev–Trinajstić information content (AvgIpc) is 3.31. The molecule has 3 aromatic carbocycles. The summed E-state index contributed by atoms with van der Waals surface area (Å²) in [5.74, 6) is -1.31. The molecule has 2 atom stereocenters. The lowest BCUT2D eigenvalue weighted by Crippen LogP contribution is -2.49. The van der Waals surface area contributed by atoms with Crippen LogP contribution in [-0.2, 0) is 29.1 Å². The van der Waals surface area contributed by atoms with Crippen molar-refractivity contribution in [1.82, 2.24) is 9.80 Å². The van der Waals surface area contributed by atoms with E-state index in [-0.39, 0.29) is 17.5 Å². The highest BCUT2D eigenvalue weighted by molar-refractivity contribution is 5.87. The number of alkyl halides is 6. The van der Waals surface area contributed by atoms with Gasteiger partial charge in [0.15, 0.2) is 0 Å². The number of hydrogen-bond donors (Lipinski definition) is 0. The Bertz CT molecular complexity index is 1300. The molecule has 0 bridgehead atoms. The fourth-order valence-electron chi connectivity index (χ4n) is 5.30. The summed E-state index contributed by atoms with van der Waals surface area (Å²) in [6.45, 7) is 4.15. The third kappa shape index (κ3) is 6.32. The Balaban J connectivity index is 1.68. The van der Waals surface area contributed by atoms with Gasteiger partial charge in [-0.3, -0.25) is 9.69 Å². The van der Waals surface area contributed by atoms with Crippen LogP contribution in [-0.4, -0.2) is 41.9 Å². The first-order chi connectivity index (χ1) is 18.6.